The van der Waals surface area contributed by atoms with E-state index in [1.807, 2.05) is 19.1 Å². The molecule has 0 aliphatic heterocycles. The minimum absolute atomic E-state index is 0.152. The van der Waals surface area contributed by atoms with E-state index in [1.54, 1.807) is 6.07 Å². The Morgan fingerprint density at radius 3 is 2.43 bits per heavy atom. The van der Waals surface area contributed by atoms with Gasteiger partial charge in [0.15, 0.2) is 0 Å². The minimum atomic E-state index is -1.53. The van der Waals surface area contributed by atoms with Gasteiger partial charge in [-0.05, 0) is 63.5 Å². The highest BCUT2D eigenvalue weighted by Gasteiger charge is 2.16. The van der Waals surface area contributed by atoms with Crippen molar-refractivity contribution in [2.24, 2.45) is 0 Å². The van der Waals surface area contributed by atoms with Gasteiger partial charge in [-0.15, -0.1) is 0 Å². The van der Waals surface area contributed by atoms with Gasteiger partial charge in [-0.3, -0.25) is 0 Å². The fourth-order valence-electron chi connectivity index (χ4n) is 2.79. The Labute approximate surface area is 123 Å². The van der Waals surface area contributed by atoms with Gasteiger partial charge in [-0.1, -0.05) is 6.07 Å². The number of carboxylic acid groups (broad SMARTS) is 1. The Kier molecular flexibility index (Phi) is 3.90. The monoisotopic (exact) mass is 289 g/mol. The topological polar surface area (TPSA) is 42.2 Å². The highest BCUT2D eigenvalue weighted by molar-refractivity contribution is 5.95. The summed E-state index contributed by atoms with van der Waals surface area (Å²) in [5, 5.41) is 9.80. The molecule has 0 unspecified atom stereocenters. The van der Waals surface area contributed by atoms with E-state index in [-0.39, 0.29) is 5.57 Å². The van der Waals surface area contributed by atoms with Crippen molar-refractivity contribution in [1.29, 1.82) is 0 Å². The summed E-state index contributed by atoms with van der Waals surface area (Å²) < 4.78 is 15.8. The van der Waals surface area contributed by atoms with Gasteiger partial charge in [-0.2, -0.15) is 4.39 Å². The molecule has 0 radical (unpaired) electrons. The van der Waals surface area contributed by atoms with Gasteiger partial charge in [0, 0.05) is 22.6 Å². The summed E-state index contributed by atoms with van der Waals surface area (Å²) in [6, 6.07) is 5.91. The Hall–Kier alpha value is -2.10. The van der Waals surface area contributed by atoms with Crippen molar-refractivity contribution in [3.63, 3.8) is 0 Å². The molecule has 0 atom stereocenters. The van der Waals surface area contributed by atoms with Gasteiger partial charge in [0.1, 0.15) is 0 Å². The maximum absolute atomic E-state index is 13.6. The van der Waals surface area contributed by atoms with Crippen LogP contribution in [0.15, 0.2) is 24.0 Å². The fourth-order valence-corrected chi connectivity index (χ4v) is 2.79. The van der Waals surface area contributed by atoms with Crippen LogP contribution in [0.1, 0.15) is 43.6 Å². The van der Waals surface area contributed by atoms with Gasteiger partial charge < -0.3 is 9.67 Å². The summed E-state index contributed by atoms with van der Waals surface area (Å²) in [5.74, 6) is -2.63. The molecule has 1 aromatic heterocycles. The molecular weight excluding hydrogens is 269 g/mol. The minimum Gasteiger partial charge on any atom is -0.476 e. The first kappa shape index (κ1) is 15.3. The molecule has 2 rings (SSSR count). The van der Waals surface area contributed by atoms with Gasteiger partial charge in [-0.25, -0.2) is 4.79 Å². The van der Waals surface area contributed by atoms with Crippen molar-refractivity contribution in [3.8, 4) is 0 Å². The van der Waals surface area contributed by atoms with E-state index < -0.39 is 11.8 Å². The van der Waals surface area contributed by atoms with Gasteiger partial charge in [0.2, 0.25) is 5.83 Å². The van der Waals surface area contributed by atoms with E-state index in [0.29, 0.717) is 11.6 Å². The highest BCUT2D eigenvalue weighted by atomic mass is 19.1. The molecular formula is C17H20FNO2. The summed E-state index contributed by atoms with van der Waals surface area (Å²) in [5.41, 5.74) is 4.17. The lowest BCUT2D eigenvalue weighted by Crippen LogP contribution is -2.02. The lowest BCUT2D eigenvalue weighted by Gasteiger charge is -2.12. The fraction of sp³-hybridized carbons (Fsp3) is 0.353. The van der Waals surface area contributed by atoms with Crippen LogP contribution in [0.5, 0.6) is 0 Å². The predicted molar refractivity (Wildman–Crippen MR) is 83.1 cm³/mol. The molecule has 1 N–H and O–H groups in total. The Bertz CT molecular complexity index is 754. The summed E-state index contributed by atoms with van der Waals surface area (Å²) in [7, 11) is 0. The molecule has 21 heavy (non-hydrogen) atoms. The van der Waals surface area contributed by atoms with Crippen LogP contribution in [0, 0.1) is 13.8 Å². The standard InChI is InChI=1S/C17H20FNO2/c1-9(2)19-12(5)10(3)14-8-13(6-7-15(14)19)11(4)16(18)17(20)21/h6-9H,1-5H3,(H,20,21)/b16-11+. The maximum Gasteiger partial charge on any atom is 0.365 e. The van der Waals surface area contributed by atoms with E-state index in [9.17, 15) is 9.18 Å². The van der Waals surface area contributed by atoms with E-state index in [4.69, 9.17) is 5.11 Å². The Balaban J connectivity index is 2.72. The SMILES string of the molecule is C/C(=C(\F)C(=O)O)c1ccc2c(c1)c(C)c(C)n2C(C)C. The molecule has 0 saturated heterocycles. The lowest BCUT2D eigenvalue weighted by molar-refractivity contribution is -0.134. The summed E-state index contributed by atoms with van der Waals surface area (Å²) >= 11 is 0. The second kappa shape index (κ2) is 5.35. The second-order valence-electron chi connectivity index (χ2n) is 5.65. The zero-order chi connectivity index (χ0) is 15.9. The van der Waals surface area contributed by atoms with Crippen molar-refractivity contribution in [2.75, 3.05) is 0 Å². The molecule has 112 valence electrons. The molecule has 0 fully saturated rings. The third-order valence-corrected chi connectivity index (χ3v) is 4.03. The lowest BCUT2D eigenvalue weighted by atomic mass is 10.0. The third-order valence-electron chi connectivity index (χ3n) is 4.03. The molecule has 0 aliphatic rings. The quantitative estimate of drug-likeness (QED) is 0.837. The molecule has 2 aromatic rings. The van der Waals surface area contributed by atoms with Crippen LogP contribution in [-0.4, -0.2) is 15.6 Å². The van der Waals surface area contributed by atoms with E-state index in [2.05, 4.69) is 25.3 Å². The zero-order valence-electron chi connectivity index (χ0n) is 13.0. The molecule has 0 spiro atoms. The van der Waals surface area contributed by atoms with Crippen LogP contribution >= 0.6 is 0 Å². The average molecular weight is 289 g/mol. The highest BCUT2D eigenvalue weighted by Crippen LogP contribution is 2.31. The number of aliphatic carboxylic acids is 1. The summed E-state index contributed by atoms with van der Waals surface area (Å²) in [4.78, 5) is 10.8. The number of carboxylic acids is 1. The first-order chi connectivity index (χ1) is 9.75. The van der Waals surface area contributed by atoms with Crippen molar-refractivity contribution in [1.82, 2.24) is 4.57 Å². The van der Waals surface area contributed by atoms with Crippen LogP contribution in [0.4, 0.5) is 4.39 Å². The van der Waals surface area contributed by atoms with Crippen molar-refractivity contribution >= 4 is 22.4 Å². The number of benzene rings is 1. The average Bonchev–Trinajstić information content (AvgIpc) is 2.68. The van der Waals surface area contributed by atoms with E-state index in [1.165, 1.54) is 12.6 Å². The molecule has 0 saturated carbocycles. The molecule has 3 nitrogen and oxygen atoms in total. The summed E-state index contributed by atoms with van der Waals surface area (Å²) in [6.07, 6.45) is 0. The number of hydrogen-bond donors (Lipinski definition) is 1. The van der Waals surface area contributed by atoms with Gasteiger partial charge in [0.05, 0.1) is 0 Å². The van der Waals surface area contributed by atoms with Gasteiger partial charge >= 0.3 is 5.97 Å². The van der Waals surface area contributed by atoms with Gasteiger partial charge in [0.25, 0.3) is 0 Å². The van der Waals surface area contributed by atoms with Crippen molar-refractivity contribution < 1.29 is 14.3 Å². The zero-order valence-corrected chi connectivity index (χ0v) is 13.0. The summed E-state index contributed by atoms with van der Waals surface area (Å²) in [6.45, 7) is 9.83. The number of fused-ring (bicyclic) bond motifs is 1. The van der Waals surface area contributed by atoms with Crippen LogP contribution in [0.25, 0.3) is 16.5 Å². The number of rotatable bonds is 3. The number of allylic oxidation sites excluding steroid dienone is 1. The number of halogens is 1. The largest absolute Gasteiger partial charge is 0.476 e. The number of nitrogens with zero attached hydrogens (tertiary/aromatic N) is 1. The first-order valence-corrected chi connectivity index (χ1v) is 6.96. The smallest absolute Gasteiger partial charge is 0.365 e. The third kappa shape index (κ3) is 2.46. The molecule has 4 heteroatoms. The predicted octanol–water partition coefficient (Wildman–Crippen LogP) is 4.62. The Morgan fingerprint density at radius 1 is 1.29 bits per heavy atom. The molecule has 0 amide bonds. The van der Waals surface area contributed by atoms with Crippen LogP contribution < -0.4 is 0 Å². The van der Waals surface area contributed by atoms with Crippen molar-refractivity contribution in [3.05, 3.63) is 40.8 Å². The molecule has 0 aliphatic carbocycles. The number of aromatic nitrogens is 1. The van der Waals surface area contributed by atoms with Crippen molar-refractivity contribution in [2.45, 2.75) is 40.7 Å². The van der Waals surface area contributed by atoms with Crippen LogP contribution in [0.2, 0.25) is 0 Å². The molecule has 1 aromatic carbocycles. The van der Waals surface area contributed by atoms with Crippen LogP contribution in [0.3, 0.4) is 0 Å². The van der Waals surface area contributed by atoms with Crippen LogP contribution in [-0.2, 0) is 4.79 Å². The normalized spacial score (nSPS) is 12.9. The Morgan fingerprint density at radius 2 is 1.90 bits per heavy atom. The number of hydrogen-bond acceptors (Lipinski definition) is 1. The van der Waals surface area contributed by atoms with E-state index >= 15 is 0 Å². The molecule has 0 bridgehead atoms. The first-order valence-electron chi connectivity index (χ1n) is 6.96. The molecule has 1 heterocycles. The second-order valence-corrected chi connectivity index (χ2v) is 5.65. The number of carbonyl (C=O) groups is 1. The maximum atomic E-state index is 13.6. The number of aryl methyl sites for hydroxylation is 1. The van der Waals surface area contributed by atoms with E-state index in [0.717, 1.165) is 16.5 Å².